The Morgan fingerprint density at radius 1 is 1.42 bits per heavy atom. The molecular formula is C12H11ClF2N2O2. The first kappa shape index (κ1) is 13.7. The van der Waals surface area contributed by atoms with Crippen LogP contribution in [0.5, 0.6) is 0 Å². The number of anilines is 1. The molecule has 1 aromatic rings. The molecule has 0 aromatic heterocycles. The van der Waals surface area contributed by atoms with Crippen LogP contribution in [0, 0.1) is 11.6 Å². The van der Waals surface area contributed by atoms with Crippen molar-refractivity contribution in [3.05, 3.63) is 28.8 Å². The van der Waals surface area contributed by atoms with Gasteiger partial charge in [0.2, 0.25) is 5.91 Å². The quantitative estimate of drug-likeness (QED) is 0.867. The van der Waals surface area contributed by atoms with E-state index in [1.165, 1.54) is 0 Å². The number of benzene rings is 1. The van der Waals surface area contributed by atoms with Crippen molar-refractivity contribution in [2.24, 2.45) is 0 Å². The standard InChI is InChI=1S/C12H11ClF2N2O2/c1-2-17-10(18)5-9(12(17)19)16-11-7(13)3-6(14)4-8(11)15/h3-4,9,16H,2,5H2,1H3. The summed E-state index contributed by atoms with van der Waals surface area (Å²) < 4.78 is 26.5. The van der Waals surface area contributed by atoms with Gasteiger partial charge in [0.1, 0.15) is 11.9 Å². The number of hydrogen-bond acceptors (Lipinski definition) is 3. The molecule has 4 nitrogen and oxygen atoms in total. The molecule has 7 heteroatoms. The van der Waals surface area contributed by atoms with Crippen molar-refractivity contribution < 1.29 is 18.4 Å². The number of hydrogen-bond donors (Lipinski definition) is 1. The van der Waals surface area contributed by atoms with Crippen LogP contribution in [0.25, 0.3) is 0 Å². The lowest BCUT2D eigenvalue weighted by Gasteiger charge is -2.15. The fraction of sp³-hybridized carbons (Fsp3) is 0.333. The van der Waals surface area contributed by atoms with E-state index in [2.05, 4.69) is 5.32 Å². The van der Waals surface area contributed by atoms with E-state index in [0.717, 1.165) is 11.0 Å². The molecule has 102 valence electrons. The Labute approximate surface area is 113 Å². The van der Waals surface area contributed by atoms with Crippen LogP contribution in [0.2, 0.25) is 5.02 Å². The third kappa shape index (κ3) is 2.53. The Hall–Kier alpha value is -1.69. The first-order valence-corrected chi connectivity index (χ1v) is 6.07. The van der Waals surface area contributed by atoms with Crippen molar-refractivity contribution >= 4 is 29.1 Å². The van der Waals surface area contributed by atoms with Gasteiger partial charge in [0.25, 0.3) is 5.91 Å². The van der Waals surface area contributed by atoms with Crippen molar-refractivity contribution in [1.82, 2.24) is 4.90 Å². The molecule has 1 heterocycles. The van der Waals surface area contributed by atoms with E-state index in [4.69, 9.17) is 11.6 Å². The van der Waals surface area contributed by atoms with E-state index in [0.29, 0.717) is 6.07 Å². The first-order valence-electron chi connectivity index (χ1n) is 5.69. The molecule has 1 unspecified atom stereocenters. The lowest BCUT2D eigenvalue weighted by atomic mass is 10.2. The molecule has 0 spiro atoms. The summed E-state index contributed by atoms with van der Waals surface area (Å²) in [6.45, 7) is 1.93. The average molecular weight is 289 g/mol. The summed E-state index contributed by atoms with van der Waals surface area (Å²) >= 11 is 5.72. The minimum Gasteiger partial charge on any atom is -0.370 e. The first-order chi connectivity index (χ1) is 8.93. The van der Waals surface area contributed by atoms with Gasteiger partial charge in [0.15, 0.2) is 5.82 Å². The van der Waals surface area contributed by atoms with Crippen LogP contribution in [0.15, 0.2) is 12.1 Å². The van der Waals surface area contributed by atoms with Crippen LogP contribution < -0.4 is 5.32 Å². The highest BCUT2D eigenvalue weighted by Gasteiger charge is 2.38. The van der Waals surface area contributed by atoms with Crippen LogP contribution in [-0.4, -0.2) is 29.3 Å². The van der Waals surface area contributed by atoms with Crippen molar-refractivity contribution in [1.29, 1.82) is 0 Å². The monoisotopic (exact) mass is 288 g/mol. The molecule has 1 atom stereocenters. The summed E-state index contributed by atoms with van der Waals surface area (Å²) in [7, 11) is 0. The number of likely N-dealkylation sites (N-methyl/N-ethyl adjacent to an activating group) is 1. The second-order valence-electron chi connectivity index (χ2n) is 4.12. The topological polar surface area (TPSA) is 49.4 Å². The van der Waals surface area contributed by atoms with Gasteiger partial charge in [0.05, 0.1) is 17.1 Å². The second kappa shape index (κ2) is 5.13. The maximum absolute atomic E-state index is 13.6. The largest absolute Gasteiger partial charge is 0.370 e. The number of nitrogens with one attached hydrogen (secondary N) is 1. The minimum absolute atomic E-state index is 0.0696. The van der Waals surface area contributed by atoms with Crippen molar-refractivity contribution in [2.45, 2.75) is 19.4 Å². The number of rotatable bonds is 3. The van der Waals surface area contributed by atoms with Gasteiger partial charge >= 0.3 is 0 Å². The Morgan fingerprint density at radius 3 is 2.63 bits per heavy atom. The lowest BCUT2D eigenvalue weighted by Crippen LogP contribution is -2.34. The normalized spacial score (nSPS) is 19.2. The summed E-state index contributed by atoms with van der Waals surface area (Å²) in [6.07, 6.45) is -0.0696. The average Bonchev–Trinajstić information content (AvgIpc) is 2.58. The van der Waals surface area contributed by atoms with E-state index >= 15 is 0 Å². The van der Waals surface area contributed by atoms with Gasteiger partial charge in [-0.15, -0.1) is 0 Å². The van der Waals surface area contributed by atoms with Crippen molar-refractivity contribution in [3.8, 4) is 0 Å². The highest BCUT2D eigenvalue weighted by molar-refractivity contribution is 6.33. The van der Waals surface area contributed by atoms with Crippen molar-refractivity contribution in [2.75, 3.05) is 11.9 Å². The maximum atomic E-state index is 13.6. The van der Waals surface area contributed by atoms with Crippen LogP contribution >= 0.6 is 11.6 Å². The smallest absolute Gasteiger partial charge is 0.252 e. The summed E-state index contributed by atoms with van der Waals surface area (Å²) in [4.78, 5) is 24.4. The van der Waals surface area contributed by atoms with Crippen LogP contribution in [0.1, 0.15) is 13.3 Å². The molecule has 1 aromatic carbocycles. The van der Waals surface area contributed by atoms with Gasteiger partial charge in [-0.05, 0) is 13.0 Å². The SMILES string of the molecule is CCN1C(=O)CC(Nc2c(F)cc(F)cc2Cl)C1=O. The molecule has 1 fully saturated rings. The van der Waals surface area contributed by atoms with Crippen molar-refractivity contribution in [3.63, 3.8) is 0 Å². The molecule has 1 N–H and O–H groups in total. The minimum atomic E-state index is -0.903. The second-order valence-corrected chi connectivity index (χ2v) is 4.53. The van der Waals surface area contributed by atoms with Gasteiger partial charge in [-0.1, -0.05) is 11.6 Å². The molecule has 0 saturated carbocycles. The van der Waals surface area contributed by atoms with Crippen LogP contribution in [-0.2, 0) is 9.59 Å². The summed E-state index contributed by atoms with van der Waals surface area (Å²) in [6, 6.07) is 0.726. The predicted octanol–water partition coefficient (Wildman–Crippen LogP) is 2.18. The van der Waals surface area contributed by atoms with Crippen LogP contribution in [0.3, 0.4) is 0 Å². The Morgan fingerprint density at radius 2 is 2.11 bits per heavy atom. The van der Waals surface area contributed by atoms with E-state index in [-0.39, 0.29) is 29.6 Å². The molecule has 1 aliphatic heterocycles. The lowest BCUT2D eigenvalue weighted by molar-refractivity contribution is -0.138. The van der Waals surface area contributed by atoms with E-state index in [9.17, 15) is 18.4 Å². The molecule has 2 rings (SSSR count). The zero-order valence-electron chi connectivity index (χ0n) is 10.0. The van der Waals surface area contributed by atoms with Crippen LogP contribution in [0.4, 0.5) is 14.5 Å². The molecule has 0 bridgehead atoms. The fourth-order valence-corrected chi connectivity index (χ4v) is 2.23. The summed E-state index contributed by atoms with van der Waals surface area (Å²) in [5, 5.41) is 2.39. The third-order valence-corrected chi connectivity index (χ3v) is 3.18. The van der Waals surface area contributed by atoms with E-state index in [1.807, 2.05) is 0 Å². The molecule has 1 saturated heterocycles. The number of amides is 2. The molecular weight excluding hydrogens is 278 g/mol. The predicted molar refractivity (Wildman–Crippen MR) is 65.8 cm³/mol. The third-order valence-electron chi connectivity index (χ3n) is 2.89. The van der Waals surface area contributed by atoms with Gasteiger partial charge in [-0.3, -0.25) is 14.5 Å². The highest BCUT2D eigenvalue weighted by atomic mass is 35.5. The highest BCUT2D eigenvalue weighted by Crippen LogP contribution is 2.28. The Kier molecular flexibility index (Phi) is 3.71. The molecule has 0 aliphatic carbocycles. The molecule has 2 amide bonds. The Balaban J connectivity index is 2.24. The zero-order chi connectivity index (χ0) is 14.2. The van der Waals surface area contributed by atoms with E-state index < -0.39 is 23.6 Å². The summed E-state index contributed by atoms with van der Waals surface area (Å²) in [5.41, 5.74) is -0.174. The van der Waals surface area contributed by atoms with E-state index in [1.54, 1.807) is 6.92 Å². The number of carbonyl (C=O) groups excluding carboxylic acids is 2. The van der Waals surface area contributed by atoms with Gasteiger partial charge < -0.3 is 5.32 Å². The maximum Gasteiger partial charge on any atom is 0.252 e. The number of imide groups is 1. The number of nitrogens with zero attached hydrogens (tertiary/aromatic N) is 1. The number of carbonyl (C=O) groups is 2. The Bertz CT molecular complexity index is 528. The van der Waals surface area contributed by atoms with Gasteiger partial charge in [0, 0.05) is 12.6 Å². The van der Waals surface area contributed by atoms with Gasteiger partial charge in [-0.25, -0.2) is 8.78 Å². The molecule has 0 radical (unpaired) electrons. The zero-order valence-corrected chi connectivity index (χ0v) is 10.8. The fourth-order valence-electron chi connectivity index (χ4n) is 1.98. The molecule has 19 heavy (non-hydrogen) atoms. The molecule has 1 aliphatic rings. The summed E-state index contributed by atoms with van der Waals surface area (Å²) in [5.74, 6) is -2.48. The number of likely N-dealkylation sites (tertiary alicyclic amines) is 1. The number of halogens is 3. The van der Waals surface area contributed by atoms with Gasteiger partial charge in [-0.2, -0.15) is 0 Å².